The van der Waals surface area contributed by atoms with Crippen LogP contribution in [0.1, 0.15) is 22.7 Å². The van der Waals surface area contributed by atoms with Gasteiger partial charge in [0.2, 0.25) is 10.0 Å². The Balaban J connectivity index is 1.78. The van der Waals surface area contributed by atoms with E-state index in [2.05, 4.69) is 4.90 Å². The van der Waals surface area contributed by atoms with Crippen molar-refractivity contribution in [1.29, 1.82) is 0 Å². The van der Waals surface area contributed by atoms with Gasteiger partial charge in [-0.15, -0.1) is 0 Å². The summed E-state index contributed by atoms with van der Waals surface area (Å²) in [6, 6.07) is 15.6. The summed E-state index contributed by atoms with van der Waals surface area (Å²) in [5, 5.41) is 0. The van der Waals surface area contributed by atoms with Crippen LogP contribution in [0.3, 0.4) is 0 Å². The number of sulfonamides is 1. The van der Waals surface area contributed by atoms with Crippen molar-refractivity contribution < 1.29 is 13.2 Å². The molecule has 2 aromatic carbocycles. The van der Waals surface area contributed by atoms with E-state index in [9.17, 15) is 8.42 Å². The van der Waals surface area contributed by atoms with Crippen molar-refractivity contribution in [2.75, 3.05) is 33.8 Å². The van der Waals surface area contributed by atoms with Crippen molar-refractivity contribution >= 4 is 10.0 Å². The number of ether oxygens (including phenoxy) is 1. The summed E-state index contributed by atoms with van der Waals surface area (Å²) >= 11 is 0. The zero-order valence-corrected chi connectivity index (χ0v) is 16.4. The van der Waals surface area contributed by atoms with Gasteiger partial charge in [0, 0.05) is 25.7 Å². The van der Waals surface area contributed by atoms with Crippen LogP contribution in [0.25, 0.3) is 0 Å². The number of likely N-dealkylation sites (N-methyl/N-ethyl adjacent to an activating group) is 1. The molecule has 2 aromatic rings. The molecule has 1 fully saturated rings. The fourth-order valence-electron chi connectivity index (χ4n) is 3.30. The average molecular weight is 375 g/mol. The molecule has 0 bridgehead atoms. The Bertz CT molecular complexity index is 850. The van der Waals surface area contributed by atoms with E-state index in [0.717, 1.165) is 22.4 Å². The molecule has 0 amide bonds. The number of aryl methyl sites for hydroxylation is 1. The number of rotatable bonds is 5. The van der Waals surface area contributed by atoms with Gasteiger partial charge in [-0.2, -0.15) is 4.31 Å². The van der Waals surface area contributed by atoms with Gasteiger partial charge in [0.1, 0.15) is 5.75 Å². The van der Waals surface area contributed by atoms with Crippen molar-refractivity contribution in [2.45, 2.75) is 18.7 Å². The van der Waals surface area contributed by atoms with E-state index < -0.39 is 10.0 Å². The molecule has 1 saturated heterocycles. The lowest BCUT2D eigenvalue weighted by Gasteiger charge is -2.39. The summed E-state index contributed by atoms with van der Waals surface area (Å²) in [6.45, 7) is 3.68. The molecule has 6 heteroatoms. The molecule has 140 valence electrons. The zero-order valence-electron chi connectivity index (χ0n) is 15.6. The van der Waals surface area contributed by atoms with Gasteiger partial charge in [-0.1, -0.05) is 42.0 Å². The first-order valence-electron chi connectivity index (χ1n) is 8.76. The van der Waals surface area contributed by atoms with E-state index in [4.69, 9.17) is 4.74 Å². The highest BCUT2D eigenvalue weighted by Crippen LogP contribution is 2.28. The molecule has 3 rings (SSSR count). The minimum atomic E-state index is -3.35. The van der Waals surface area contributed by atoms with Crippen LogP contribution in [0.4, 0.5) is 0 Å². The van der Waals surface area contributed by atoms with Gasteiger partial charge < -0.3 is 4.74 Å². The maximum absolute atomic E-state index is 12.9. The van der Waals surface area contributed by atoms with Crippen molar-refractivity contribution in [3.05, 3.63) is 65.2 Å². The van der Waals surface area contributed by atoms with Gasteiger partial charge >= 0.3 is 0 Å². The average Bonchev–Trinajstić information content (AvgIpc) is 2.63. The first-order chi connectivity index (χ1) is 12.4. The molecule has 0 spiro atoms. The Morgan fingerprint density at radius 2 is 1.85 bits per heavy atom. The summed E-state index contributed by atoms with van der Waals surface area (Å²) in [7, 11) is 0.323. The van der Waals surface area contributed by atoms with E-state index in [1.165, 1.54) is 0 Å². The lowest BCUT2D eigenvalue weighted by molar-refractivity contribution is 0.148. The SMILES string of the molecule is COc1cccc(C2CN(S(=O)(=O)Cc3ccc(C)cc3)CCN2C)c1. The Labute approximate surface area is 156 Å². The summed E-state index contributed by atoms with van der Waals surface area (Å²) in [6.07, 6.45) is 0. The Kier molecular flexibility index (Phi) is 5.65. The molecule has 1 aliphatic rings. The number of hydrogen-bond acceptors (Lipinski definition) is 4. The second kappa shape index (κ2) is 7.78. The molecule has 5 nitrogen and oxygen atoms in total. The van der Waals surface area contributed by atoms with Crippen molar-refractivity contribution in [3.8, 4) is 5.75 Å². The van der Waals surface area contributed by atoms with Crippen LogP contribution in [-0.2, 0) is 15.8 Å². The molecule has 1 atom stereocenters. The van der Waals surface area contributed by atoms with E-state index in [-0.39, 0.29) is 11.8 Å². The van der Waals surface area contributed by atoms with Gasteiger partial charge in [0.05, 0.1) is 12.9 Å². The number of nitrogens with zero attached hydrogens (tertiary/aromatic N) is 2. The van der Waals surface area contributed by atoms with Crippen LogP contribution in [0.2, 0.25) is 0 Å². The van der Waals surface area contributed by atoms with Gasteiger partial charge in [0.15, 0.2) is 0 Å². The molecule has 26 heavy (non-hydrogen) atoms. The maximum atomic E-state index is 12.9. The third-order valence-corrected chi connectivity index (χ3v) is 6.77. The molecular formula is C20H26N2O3S. The fourth-order valence-corrected chi connectivity index (χ4v) is 4.82. The summed E-state index contributed by atoms with van der Waals surface area (Å²) < 4.78 is 32.8. The fraction of sp³-hybridized carbons (Fsp3) is 0.400. The van der Waals surface area contributed by atoms with Crippen molar-refractivity contribution in [1.82, 2.24) is 9.21 Å². The zero-order chi connectivity index (χ0) is 18.7. The van der Waals surface area contributed by atoms with E-state index in [1.54, 1.807) is 11.4 Å². The minimum absolute atomic E-state index is 0.0200. The van der Waals surface area contributed by atoms with E-state index in [0.29, 0.717) is 19.6 Å². The maximum Gasteiger partial charge on any atom is 0.218 e. The second-order valence-corrected chi connectivity index (χ2v) is 8.84. The van der Waals surface area contributed by atoms with Crippen molar-refractivity contribution in [3.63, 3.8) is 0 Å². The lowest BCUT2D eigenvalue weighted by Crippen LogP contribution is -2.49. The normalized spacial score (nSPS) is 19.4. The van der Waals surface area contributed by atoms with Gasteiger partial charge in [-0.3, -0.25) is 4.90 Å². The Hall–Kier alpha value is -1.89. The number of benzene rings is 2. The quantitative estimate of drug-likeness (QED) is 0.808. The highest BCUT2D eigenvalue weighted by atomic mass is 32.2. The van der Waals surface area contributed by atoms with Crippen molar-refractivity contribution in [2.24, 2.45) is 0 Å². The third-order valence-electron chi connectivity index (χ3n) is 4.95. The van der Waals surface area contributed by atoms with Gasteiger partial charge in [-0.25, -0.2) is 8.42 Å². The number of hydrogen-bond donors (Lipinski definition) is 0. The Morgan fingerprint density at radius 1 is 1.12 bits per heavy atom. The van der Waals surface area contributed by atoms with Crippen LogP contribution in [0.15, 0.2) is 48.5 Å². The molecule has 0 aliphatic carbocycles. The first kappa shape index (κ1) is 18.9. The predicted octanol–water partition coefficient (Wildman–Crippen LogP) is 2.82. The largest absolute Gasteiger partial charge is 0.497 e. The standard InChI is InChI=1S/C20H26N2O3S/c1-16-7-9-17(10-8-16)15-26(23,24)22-12-11-21(2)20(14-22)18-5-4-6-19(13-18)25-3/h4-10,13,20H,11-12,14-15H2,1-3H3. The summed E-state index contributed by atoms with van der Waals surface area (Å²) in [5.74, 6) is 0.831. The summed E-state index contributed by atoms with van der Waals surface area (Å²) in [5.41, 5.74) is 3.03. The predicted molar refractivity (Wildman–Crippen MR) is 104 cm³/mol. The molecule has 1 aliphatic heterocycles. The highest BCUT2D eigenvalue weighted by Gasteiger charge is 2.32. The number of piperazine rings is 1. The van der Waals surface area contributed by atoms with Crippen LogP contribution in [0, 0.1) is 6.92 Å². The monoisotopic (exact) mass is 374 g/mol. The topological polar surface area (TPSA) is 49.9 Å². The van der Waals surface area contributed by atoms with Gasteiger partial charge in [0.25, 0.3) is 0 Å². The van der Waals surface area contributed by atoms with Crippen LogP contribution in [0.5, 0.6) is 5.75 Å². The third kappa shape index (κ3) is 4.26. The highest BCUT2D eigenvalue weighted by molar-refractivity contribution is 7.88. The smallest absolute Gasteiger partial charge is 0.218 e. The van der Waals surface area contributed by atoms with Gasteiger partial charge in [-0.05, 0) is 37.2 Å². The molecule has 0 radical (unpaired) electrons. The molecular weight excluding hydrogens is 348 g/mol. The van der Waals surface area contributed by atoms with Crippen LogP contribution >= 0.6 is 0 Å². The first-order valence-corrected chi connectivity index (χ1v) is 10.4. The molecule has 0 aromatic heterocycles. The lowest BCUT2D eigenvalue weighted by atomic mass is 10.0. The van der Waals surface area contributed by atoms with E-state index in [1.807, 2.05) is 62.5 Å². The molecule has 1 unspecified atom stereocenters. The van der Waals surface area contributed by atoms with Crippen LogP contribution in [-0.4, -0.2) is 51.4 Å². The van der Waals surface area contributed by atoms with Crippen LogP contribution < -0.4 is 4.74 Å². The second-order valence-electron chi connectivity index (χ2n) is 6.87. The Morgan fingerprint density at radius 3 is 2.54 bits per heavy atom. The minimum Gasteiger partial charge on any atom is -0.497 e. The molecule has 0 N–H and O–H groups in total. The molecule has 1 heterocycles. The van der Waals surface area contributed by atoms with E-state index >= 15 is 0 Å². The number of methoxy groups -OCH3 is 1. The molecule has 0 saturated carbocycles. The summed E-state index contributed by atoms with van der Waals surface area (Å²) in [4.78, 5) is 2.20.